The lowest BCUT2D eigenvalue weighted by Crippen LogP contribution is -2.03. The Morgan fingerprint density at radius 2 is 1.23 bits per heavy atom. The van der Waals surface area contributed by atoms with Gasteiger partial charge in [0.15, 0.2) is 5.78 Å². The van der Waals surface area contributed by atoms with E-state index in [0.29, 0.717) is 18.3 Å². The van der Waals surface area contributed by atoms with Crippen LogP contribution in [0, 0.1) is 17.8 Å². The first-order chi connectivity index (χ1) is 16.4. The molecule has 0 amide bonds. The molecule has 0 aromatic heterocycles. The molecule has 0 aliphatic heterocycles. The number of Topliss-reactive ketones (excluding diaryl/α,β-unsaturated/α-hetero) is 1. The highest BCUT2D eigenvalue weighted by Crippen LogP contribution is 2.17. The zero-order valence-corrected chi connectivity index (χ0v) is 26.7. The highest BCUT2D eigenvalue weighted by molar-refractivity contribution is 5.95. The van der Waals surface area contributed by atoms with Crippen molar-refractivity contribution in [1.29, 1.82) is 0 Å². The van der Waals surface area contributed by atoms with Crippen molar-refractivity contribution in [1.82, 2.24) is 0 Å². The van der Waals surface area contributed by atoms with Gasteiger partial charge in [-0.15, -0.1) is 0 Å². The quantitative estimate of drug-likeness (QED) is 0.181. The minimum Gasteiger partial charge on any atom is -0.294 e. The summed E-state index contributed by atoms with van der Waals surface area (Å²) in [5.41, 5.74) is 3.40. The van der Waals surface area contributed by atoms with Gasteiger partial charge in [-0.05, 0) is 36.2 Å². The summed E-state index contributed by atoms with van der Waals surface area (Å²) in [7, 11) is 0. The fourth-order valence-corrected chi connectivity index (χ4v) is 2.63. The molecule has 0 fully saturated rings. The third kappa shape index (κ3) is 28.8. The standard InChI is InChI=1S/C12H16O.C8H16.C8H18.C4H10.C2H6/c1-4-12(13)11-7-5-10(6-8-11)9(2)3;1-6(2)8(5)7(3)4;1-4-5-6-7-8(2)3;1-3-4-2;1-2/h5-9H,4H2,1-3H3;7-8H,1H2,2-5H3;8H,4-7H2,1-3H3;3-4H2,1-2H3;1-2H3. The molecule has 1 rings (SSSR count). The molecular weight excluding hydrogens is 424 g/mol. The maximum Gasteiger partial charge on any atom is 0.162 e. The second kappa shape index (κ2) is 28.9. The molecular formula is C34H66O. The molecule has 1 aromatic carbocycles. The average Bonchev–Trinajstić information content (AvgIpc) is 2.85. The van der Waals surface area contributed by atoms with Crippen molar-refractivity contribution in [3.63, 3.8) is 0 Å². The number of hydrogen-bond donors (Lipinski definition) is 0. The summed E-state index contributed by atoms with van der Waals surface area (Å²) < 4.78 is 0. The molecule has 1 atom stereocenters. The van der Waals surface area contributed by atoms with E-state index in [1.165, 1.54) is 49.7 Å². The van der Waals surface area contributed by atoms with E-state index in [1.54, 1.807) is 0 Å². The summed E-state index contributed by atoms with van der Waals surface area (Å²) in [4.78, 5) is 11.3. The van der Waals surface area contributed by atoms with E-state index in [4.69, 9.17) is 0 Å². The summed E-state index contributed by atoms with van der Waals surface area (Å²) in [6, 6.07) is 7.91. The summed E-state index contributed by atoms with van der Waals surface area (Å²) in [5.74, 6) is 3.07. The molecule has 0 heterocycles. The predicted molar refractivity (Wildman–Crippen MR) is 165 cm³/mol. The molecule has 1 heteroatoms. The number of hydrogen-bond acceptors (Lipinski definition) is 1. The van der Waals surface area contributed by atoms with Gasteiger partial charge < -0.3 is 0 Å². The van der Waals surface area contributed by atoms with Gasteiger partial charge in [0.1, 0.15) is 0 Å². The van der Waals surface area contributed by atoms with Crippen LogP contribution in [0.1, 0.15) is 164 Å². The Balaban J connectivity index is -0.000000192. The summed E-state index contributed by atoms with van der Waals surface area (Å²) in [6.45, 7) is 34.0. The molecule has 0 saturated carbocycles. The van der Waals surface area contributed by atoms with Crippen LogP contribution in [0.2, 0.25) is 0 Å². The lowest BCUT2D eigenvalue weighted by atomic mass is 9.92. The van der Waals surface area contributed by atoms with E-state index in [9.17, 15) is 4.79 Å². The zero-order valence-electron chi connectivity index (χ0n) is 26.7. The van der Waals surface area contributed by atoms with Crippen molar-refractivity contribution in [3.8, 4) is 0 Å². The SMILES string of the molecule is C=C(C)C(C)C(C)C.CC.CCC(=O)c1ccc(C(C)C)cc1.CCCC.CCCCCC(C)C. The van der Waals surface area contributed by atoms with Crippen LogP contribution in [-0.2, 0) is 0 Å². The minimum absolute atomic E-state index is 0.218. The van der Waals surface area contributed by atoms with Crippen molar-refractivity contribution in [2.45, 2.75) is 148 Å². The first kappa shape index (κ1) is 40.8. The monoisotopic (exact) mass is 491 g/mol. The highest BCUT2D eigenvalue weighted by Gasteiger charge is 2.05. The molecule has 1 unspecified atom stereocenters. The Morgan fingerprint density at radius 3 is 1.46 bits per heavy atom. The fraction of sp³-hybridized carbons (Fsp3) is 0.735. The Hall–Kier alpha value is -1.37. The van der Waals surface area contributed by atoms with E-state index < -0.39 is 0 Å². The van der Waals surface area contributed by atoms with Crippen LogP contribution < -0.4 is 0 Å². The van der Waals surface area contributed by atoms with Gasteiger partial charge >= 0.3 is 0 Å². The smallest absolute Gasteiger partial charge is 0.162 e. The summed E-state index contributed by atoms with van der Waals surface area (Å²) in [6.07, 6.45) is 8.83. The third-order valence-corrected chi connectivity index (χ3v) is 5.88. The van der Waals surface area contributed by atoms with Crippen LogP contribution in [0.5, 0.6) is 0 Å². The van der Waals surface area contributed by atoms with Crippen molar-refractivity contribution >= 4 is 5.78 Å². The van der Waals surface area contributed by atoms with Crippen LogP contribution >= 0.6 is 0 Å². The molecule has 0 bridgehead atoms. The average molecular weight is 491 g/mol. The van der Waals surface area contributed by atoms with E-state index in [2.05, 4.69) is 82.7 Å². The van der Waals surface area contributed by atoms with Crippen molar-refractivity contribution in [2.75, 3.05) is 0 Å². The third-order valence-electron chi connectivity index (χ3n) is 5.88. The lowest BCUT2D eigenvalue weighted by Gasteiger charge is -2.13. The molecule has 0 radical (unpaired) electrons. The first-order valence-corrected chi connectivity index (χ1v) is 14.7. The molecule has 0 aliphatic rings. The predicted octanol–water partition coefficient (Wildman–Crippen LogP) is 12.3. The summed E-state index contributed by atoms with van der Waals surface area (Å²) >= 11 is 0. The maximum atomic E-state index is 11.3. The number of ketones is 1. The van der Waals surface area contributed by atoms with Crippen LogP contribution in [-0.4, -0.2) is 5.78 Å². The van der Waals surface area contributed by atoms with Gasteiger partial charge in [-0.25, -0.2) is 0 Å². The number of allylic oxidation sites excluding steroid dienone is 1. The van der Waals surface area contributed by atoms with Gasteiger partial charge in [0.2, 0.25) is 0 Å². The Labute approximate surface area is 223 Å². The maximum absolute atomic E-state index is 11.3. The number of benzene rings is 1. The van der Waals surface area contributed by atoms with Crippen LogP contribution in [0.15, 0.2) is 36.4 Å². The molecule has 1 nitrogen and oxygen atoms in total. The number of carbonyl (C=O) groups excluding carboxylic acids is 1. The fourth-order valence-electron chi connectivity index (χ4n) is 2.63. The highest BCUT2D eigenvalue weighted by atomic mass is 16.1. The van der Waals surface area contributed by atoms with Gasteiger partial charge in [0.05, 0.1) is 0 Å². The van der Waals surface area contributed by atoms with Gasteiger partial charge in [-0.3, -0.25) is 4.79 Å². The van der Waals surface area contributed by atoms with Crippen molar-refractivity contribution in [3.05, 3.63) is 47.5 Å². The number of unbranched alkanes of at least 4 members (excludes halogenated alkanes) is 3. The lowest BCUT2D eigenvalue weighted by molar-refractivity contribution is 0.0988. The van der Waals surface area contributed by atoms with Gasteiger partial charge in [-0.1, -0.05) is 165 Å². The van der Waals surface area contributed by atoms with Crippen LogP contribution in [0.4, 0.5) is 0 Å². The van der Waals surface area contributed by atoms with Crippen LogP contribution in [0.25, 0.3) is 0 Å². The molecule has 35 heavy (non-hydrogen) atoms. The normalized spacial score (nSPS) is 10.5. The summed E-state index contributed by atoms with van der Waals surface area (Å²) in [5, 5.41) is 0. The molecule has 0 saturated heterocycles. The van der Waals surface area contributed by atoms with Gasteiger partial charge in [0, 0.05) is 12.0 Å². The van der Waals surface area contributed by atoms with Crippen molar-refractivity contribution < 1.29 is 4.79 Å². The molecule has 1 aromatic rings. The topological polar surface area (TPSA) is 17.1 Å². The second-order valence-corrected chi connectivity index (χ2v) is 10.3. The van der Waals surface area contributed by atoms with Crippen LogP contribution in [0.3, 0.4) is 0 Å². The molecule has 208 valence electrons. The van der Waals surface area contributed by atoms with E-state index in [-0.39, 0.29) is 5.78 Å². The number of carbonyl (C=O) groups is 1. The molecule has 0 aliphatic carbocycles. The molecule has 0 spiro atoms. The van der Waals surface area contributed by atoms with E-state index in [1.807, 2.05) is 45.0 Å². The molecule has 0 N–H and O–H groups in total. The van der Waals surface area contributed by atoms with Crippen molar-refractivity contribution in [2.24, 2.45) is 17.8 Å². The number of rotatable bonds is 10. The largest absolute Gasteiger partial charge is 0.294 e. The minimum atomic E-state index is 0.218. The Bertz CT molecular complexity index is 561. The van der Waals surface area contributed by atoms with Gasteiger partial charge in [-0.2, -0.15) is 0 Å². The zero-order chi connectivity index (χ0) is 28.4. The van der Waals surface area contributed by atoms with E-state index >= 15 is 0 Å². The van der Waals surface area contributed by atoms with Gasteiger partial charge in [0.25, 0.3) is 0 Å². The second-order valence-electron chi connectivity index (χ2n) is 10.3. The Morgan fingerprint density at radius 1 is 0.771 bits per heavy atom. The first-order valence-electron chi connectivity index (χ1n) is 14.7. The Kier molecular flexibility index (Phi) is 33.6. The van der Waals surface area contributed by atoms with E-state index in [0.717, 1.165) is 17.4 Å².